The first-order valence-electron chi connectivity index (χ1n) is 6.30. The minimum Gasteiger partial charge on any atom is -0.465 e. The van der Waals surface area contributed by atoms with Crippen molar-refractivity contribution in [1.29, 1.82) is 0 Å². The lowest BCUT2D eigenvalue weighted by molar-refractivity contribution is -0.150. The molecule has 0 saturated carbocycles. The Morgan fingerprint density at radius 1 is 1.53 bits per heavy atom. The Morgan fingerprint density at radius 3 is 2.79 bits per heavy atom. The van der Waals surface area contributed by atoms with Crippen LogP contribution in [0.5, 0.6) is 0 Å². The van der Waals surface area contributed by atoms with E-state index in [0.717, 1.165) is 0 Å². The lowest BCUT2D eigenvalue weighted by Gasteiger charge is -2.28. The van der Waals surface area contributed by atoms with E-state index >= 15 is 0 Å². The number of carbonyl (C=O) groups excluding carboxylic acids is 1. The summed E-state index contributed by atoms with van der Waals surface area (Å²) in [6.45, 7) is 7.80. The molecule has 1 aromatic carbocycles. The molecule has 4 heteroatoms. The highest BCUT2D eigenvalue weighted by molar-refractivity contribution is 5.80. The zero-order chi connectivity index (χ0) is 14.3. The van der Waals surface area contributed by atoms with Gasteiger partial charge in [0, 0.05) is 13.0 Å². The van der Waals surface area contributed by atoms with Crippen molar-refractivity contribution in [3.8, 4) is 0 Å². The van der Waals surface area contributed by atoms with Crippen LogP contribution in [0.2, 0.25) is 0 Å². The van der Waals surface area contributed by atoms with E-state index in [1.807, 2.05) is 0 Å². The normalized spacial score (nSPS) is 13.6. The zero-order valence-corrected chi connectivity index (χ0v) is 11.4. The third-order valence-electron chi connectivity index (χ3n) is 2.86. The highest BCUT2D eigenvalue weighted by atomic mass is 19.1. The fraction of sp³-hybridized carbons (Fsp3) is 0.400. The standard InChI is InChI=1S/C15H20FNO2/c1-4-10-17-15(3,14(18)19-5-2)11-12-8-6-7-9-13(12)16/h4,6-9,17H,1,5,10-11H2,2-3H3. The smallest absolute Gasteiger partial charge is 0.326 e. The Bertz CT molecular complexity index is 448. The Labute approximate surface area is 113 Å². The third-order valence-corrected chi connectivity index (χ3v) is 2.86. The van der Waals surface area contributed by atoms with Crippen LogP contribution in [0.3, 0.4) is 0 Å². The van der Waals surface area contributed by atoms with Crippen LogP contribution in [0.25, 0.3) is 0 Å². The number of benzene rings is 1. The van der Waals surface area contributed by atoms with E-state index in [1.54, 1.807) is 38.1 Å². The minimum atomic E-state index is -0.966. The van der Waals surface area contributed by atoms with E-state index in [0.29, 0.717) is 18.7 Å². The monoisotopic (exact) mass is 265 g/mol. The summed E-state index contributed by atoms with van der Waals surface area (Å²) >= 11 is 0. The maximum Gasteiger partial charge on any atom is 0.326 e. The van der Waals surface area contributed by atoms with Gasteiger partial charge < -0.3 is 4.74 Å². The fourth-order valence-corrected chi connectivity index (χ4v) is 1.82. The van der Waals surface area contributed by atoms with Gasteiger partial charge in [0.2, 0.25) is 0 Å². The van der Waals surface area contributed by atoms with Gasteiger partial charge in [-0.2, -0.15) is 0 Å². The summed E-state index contributed by atoms with van der Waals surface area (Å²) in [5.41, 5.74) is -0.485. The Morgan fingerprint density at radius 2 is 2.21 bits per heavy atom. The molecule has 0 aliphatic rings. The van der Waals surface area contributed by atoms with Crippen molar-refractivity contribution in [3.63, 3.8) is 0 Å². The quantitative estimate of drug-likeness (QED) is 0.608. The van der Waals surface area contributed by atoms with Gasteiger partial charge in [0.05, 0.1) is 6.61 Å². The van der Waals surface area contributed by atoms with Gasteiger partial charge in [-0.1, -0.05) is 24.3 Å². The molecule has 3 nitrogen and oxygen atoms in total. The van der Waals surface area contributed by atoms with Gasteiger partial charge in [-0.15, -0.1) is 6.58 Å². The first-order chi connectivity index (χ1) is 9.03. The van der Waals surface area contributed by atoms with Gasteiger partial charge in [-0.3, -0.25) is 10.1 Å². The molecule has 0 aliphatic heterocycles. The summed E-state index contributed by atoms with van der Waals surface area (Å²) in [6, 6.07) is 6.42. The fourth-order valence-electron chi connectivity index (χ4n) is 1.82. The summed E-state index contributed by atoms with van der Waals surface area (Å²) in [7, 11) is 0. The van der Waals surface area contributed by atoms with Crippen molar-refractivity contribution in [2.75, 3.05) is 13.2 Å². The molecule has 0 radical (unpaired) electrons. The molecule has 1 aromatic rings. The van der Waals surface area contributed by atoms with Crippen LogP contribution >= 0.6 is 0 Å². The van der Waals surface area contributed by atoms with Crippen molar-refractivity contribution >= 4 is 5.97 Å². The largest absolute Gasteiger partial charge is 0.465 e. The summed E-state index contributed by atoms with van der Waals surface area (Å²) in [5.74, 6) is -0.710. The maximum absolute atomic E-state index is 13.7. The number of esters is 1. The zero-order valence-electron chi connectivity index (χ0n) is 11.4. The van der Waals surface area contributed by atoms with Crippen LogP contribution in [-0.4, -0.2) is 24.7 Å². The number of hydrogen-bond donors (Lipinski definition) is 1. The molecule has 1 rings (SSSR count). The van der Waals surface area contributed by atoms with E-state index in [-0.39, 0.29) is 18.2 Å². The van der Waals surface area contributed by atoms with E-state index < -0.39 is 5.54 Å². The van der Waals surface area contributed by atoms with Gasteiger partial charge in [0.1, 0.15) is 11.4 Å². The molecule has 0 heterocycles. The Balaban J connectivity index is 2.93. The van der Waals surface area contributed by atoms with Gasteiger partial charge in [-0.05, 0) is 25.5 Å². The Hall–Kier alpha value is -1.68. The molecule has 0 amide bonds. The van der Waals surface area contributed by atoms with Crippen molar-refractivity contribution in [1.82, 2.24) is 5.32 Å². The molecule has 0 fully saturated rings. The predicted molar refractivity (Wildman–Crippen MR) is 73.3 cm³/mol. The number of nitrogens with one attached hydrogen (secondary N) is 1. The van der Waals surface area contributed by atoms with Crippen LogP contribution in [0.15, 0.2) is 36.9 Å². The van der Waals surface area contributed by atoms with Crippen molar-refractivity contribution in [2.24, 2.45) is 0 Å². The summed E-state index contributed by atoms with van der Waals surface area (Å²) < 4.78 is 18.7. The topological polar surface area (TPSA) is 38.3 Å². The molecule has 0 aromatic heterocycles. The molecule has 0 aliphatic carbocycles. The summed E-state index contributed by atoms with van der Waals surface area (Å²) in [6.07, 6.45) is 1.88. The Kier molecular flexibility index (Phi) is 5.70. The molecule has 0 spiro atoms. The first-order valence-corrected chi connectivity index (χ1v) is 6.30. The maximum atomic E-state index is 13.7. The molecule has 0 bridgehead atoms. The molecule has 104 valence electrons. The highest BCUT2D eigenvalue weighted by Gasteiger charge is 2.34. The highest BCUT2D eigenvalue weighted by Crippen LogP contribution is 2.18. The summed E-state index contributed by atoms with van der Waals surface area (Å²) in [5, 5.41) is 3.05. The number of carbonyl (C=O) groups is 1. The van der Waals surface area contributed by atoms with Gasteiger partial charge in [-0.25, -0.2) is 4.39 Å². The van der Waals surface area contributed by atoms with Crippen LogP contribution in [0, 0.1) is 5.82 Å². The number of rotatable bonds is 7. The molecular formula is C15H20FNO2. The summed E-state index contributed by atoms with van der Waals surface area (Å²) in [4.78, 5) is 12.0. The molecular weight excluding hydrogens is 245 g/mol. The second kappa shape index (κ2) is 7.04. The molecule has 1 atom stereocenters. The van der Waals surface area contributed by atoms with Gasteiger partial charge in [0.15, 0.2) is 0 Å². The van der Waals surface area contributed by atoms with E-state index in [1.165, 1.54) is 6.07 Å². The SMILES string of the molecule is C=CCNC(C)(Cc1ccccc1F)C(=O)OCC. The van der Waals surface area contributed by atoms with Crippen LogP contribution in [0.1, 0.15) is 19.4 Å². The predicted octanol–water partition coefficient (Wildman–Crippen LogP) is 2.47. The number of ether oxygens (including phenoxy) is 1. The number of halogens is 1. The van der Waals surface area contributed by atoms with Gasteiger partial charge >= 0.3 is 5.97 Å². The van der Waals surface area contributed by atoms with Crippen LogP contribution < -0.4 is 5.32 Å². The van der Waals surface area contributed by atoms with Crippen molar-refractivity contribution in [3.05, 3.63) is 48.3 Å². The second-order valence-electron chi connectivity index (χ2n) is 4.49. The van der Waals surface area contributed by atoms with Crippen molar-refractivity contribution < 1.29 is 13.9 Å². The molecule has 1 N–H and O–H groups in total. The second-order valence-corrected chi connectivity index (χ2v) is 4.49. The van der Waals surface area contributed by atoms with E-state index in [4.69, 9.17) is 4.74 Å². The van der Waals surface area contributed by atoms with Gasteiger partial charge in [0.25, 0.3) is 0 Å². The number of hydrogen-bond acceptors (Lipinski definition) is 3. The minimum absolute atomic E-state index is 0.229. The van der Waals surface area contributed by atoms with Crippen molar-refractivity contribution in [2.45, 2.75) is 25.8 Å². The molecule has 0 saturated heterocycles. The van der Waals surface area contributed by atoms with Crippen LogP contribution in [-0.2, 0) is 16.0 Å². The molecule has 19 heavy (non-hydrogen) atoms. The third kappa shape index (κ3) is 4.17. The lowest BCUT2D eigenvalue weighted by atomic mass is 9.92. The molecule has 1 unspecified atom stereocenters. The van der Waals surface area contributed by atoms with Crippen LogP contribution in [0.4, 0.5) is 4.39 Å². The van der Waals surface area contributed by atoms with E-state index in [9.17, 15) is 9.18 Å². The lowest BCUT2D eigenvalue weighted by Crippen LogP contribution is -2.52. The first kappa shape index (κ1) is 15.4. The van der Waals surface area contributed by atoms with E-state index in [2.05, 4.69) is 11.9 Å². The average Bonchev–Trinajstić information content (AvgIpc) is 2.39. The average molecular weight is 265 g/mol.